The summed E-state index contributed by atoms with van der Waals surface area (Å²) in [6.45, 7) is 2.88. The highest BCUT2D eigenvalue weighted by atomic mass is 16.5. The molecule has 1 N–H and O–H groups in total. The van der Waals surface area contributed by atoms with Crippen molar-refractivity contribution < 1.29 is 9.53 Å². The smallest absolute Gasteiger partial charge is 0.252 e. The molecular formula is C23H26N2O2. The normalized spacial score (nSPS) is 10.7. The number of unbranched alkanes of at least 4 members (excludes halogenated alkanes) is 3. The standard InChI is InChI=1S/C23H26N2O2/c1-3-4-5-8-14-24-23(26)20-16-22(17-10-9-11-18(15-17)27-2)25-21-13-7-6-12-19(20)21/h6-7,9-13,15-16H,3-5,8,14H2,1-2H3,(H,24,26). The zero-order valence-corrected chi connectivity index (χ0v) is 16.0. The van der Waals surface area contributed by atoms with Gasteiger partial charge in [0.15, 0.2) is 0 Å². The van der Waals surface area contributed by atoms with Crippen molar-refractivity contribution in [3.05, 3.63) is 60.2 Å². The van der Waals surface area contributed by atoms with Gasteiger partial charge in [-0.05, 0) is 30.7 Å². The van der Waals surface area contributed by atoms with E-state index in [4.69, 9.17) is 9.72 Å². The highest BCUT2D eigenvalue weighted by molar-refractivity contribution is 6.07. The summed E-state index contributed by atoms with van der Waals surface area (Å²) in [6, 6.07) is 17.4. The third-order valence-electron chi connectivity index (χ3n) is 4.64. The number of aromatic nitrogens is 1. The molecule has 0 spiro atoms. The molecule has 1 aromatic heterocycles. The molecule has 1 heterocycles. The molecule has 0 aliphatic carbocycles. The van der Waals surface area contributed by atoms with Crippen LogP contribution in [-0.2, 0) is 0 Å². The van der Waals surface area contributed by atoms with Gasteiger partial charge in [0, 0.05) is 17.5 Å². The number of amides is 1. The molecule has 0 bridgehead atoms. The summed E-state index contributed by atoms with van der Waals surface area (Å²) < 4.78 is 5.32. The summed E-state index contributed by atoms with van der Waals surface area (Å²) in [4.78, 5) is 17.6. The van der Waals surface area contributed by atoms with Crippen LogP contribution in [0.25, 0.3) is 22.2 Å². The lowest BCUT2D eigenvalue weighted by molar-refractivity contribution is 0.0954. The first kappa shape index (κ1) is 18.9. The lowest BCUT2D eigenvalue weighted by Gasteiger charge is -2.11. The molecule has 1 amide bonds. The molecule has 4 heteroatoms. The first-order valence-electron chi connectivity index (χ1n) is 9.55. The fourth-order valence-corrected chi connectivity index (χ4v) is 3.14. The summed E-state index contributed by atoms with van der Waals surface area (Å²) in [5, 5.41) is 3.93. The van der Waals surface area contributed by atoms with E-state index >= 15 is 0 Å². The summed E-state index contributed by atoms with van der Waals surface area (Å²) in [6.07, 6.45) is 4.54. The molecule has 2 aromatic carbocycles. The number of carbonyl (C=O) groups is 1. The second-order valence-corrected chi connectivity index (χ2v) is 6.62. The SMILES string of the molecule is CCCCCCNC(=O)c1cc(-c2cccc(OC)c2)nc2ccccc12. The van der Waals surface area contributed by atoms with Crippen LogP contribution in [0, 0.1) is 0 Å². The average Bonchev–Trinajstić information content (AvgIpc) is 2.72. The van der Waals surface area contributed by atoms with Crippen LogP contribution in [0.2, 0.25) is 0 Å². The highest BCUT2D eigenvalue weighted by Crippen LogP contribution is 2.27. The molecule has 0 aliphatic heterocycles. The Morgan fingerprint density at radius 1 is 1.04 bits per heavy atom. The fourth-order valence-electron chi connectivity index (χ4n) is 3.14. The third-order valence-corrected chi connectivity index (χ3v) is 4.64. The number of rotatable bonds is 8. The monoisotopic (exact) mass is 362 g/mol. The second kappa shape index (κ2) is 9.17. The van der Waals surface area contributed by atoms with E-state index in [1.54, 1.807) is 7.11 Å². The summed E-state index contributed by atoms with van der Waals surface area (Å²) in [5.74, 6) is 0.721. The Bertz CT molecular complexity index is 921. The minimum atomic E-state index is -0.0470. The molecule has 0 saturated carbocycles. The lowest BCUT2D eigenvalue weighted by Crippen LogP contribution is -2.24. The zero-order valence-electron chi connectivity index (χ0n) is 16.0. The predicted molar refractivity (Wildman–Crippen MR) is 110 cm³/mol. The average molecular weight is 362 g/mol. The van der Waals surface area contributed by atoms with Crippen LogP contribution >= 0.6 is 0 Å². The summed E-state index contributed by atoms with van der Waals surface area (Å²) in [7, 11) is 1.64. The van der Waals surface area contributed by atoms with Crippen LogP contribution in [0.5, 0.6) is 5.75 Å². The Hall–Kier alpha value is -2.88. The van der Waals surface area contributed by atoms with Gasteiger partial charge < -0.3 is 10.1 Å². The maximum atomic E-state index is 12.8. The van der Waals surface area contributed by atoms with Crippen molar-refractivity contribution in [1.82, 2.24) is 10.3 Å². The van der Waals surface area contributed by atoms with Crippen molar-refractivity contribution >= 4 is 16.8 Å². The number of benzene rings is 2. The van der Waals surface area contributed by atoms with E-state index in [0.717, 1.165) is 40.8 Å². The number of carbonyl (C=O) groups excluding carboxylic acids is 1. The molecule has 0 saturated heterocycles. The van der Waals surface area contributed by atoms with Gasteiger partial charge in [-0.25, -0.2) is 4.98 Å². The third kappa shape index (κ3) is 4.64. The largest absolute Gasteiger partial charge is 0.497 e. The van der Waals surface area contributed by atoms with Crippen molar-refractivity contribution in [2.45, 2.75) is 32.6 Å². The minimum absolute atomic E-state index is 0.0470. The number of fused-ring (bicyclic) bond motifs is 1. The minimum Gasteiger partial charge on any atom is -0.497 e. The Kier molecular flexibility index (Phi) is 6.42. The summed E-state index contributed by atoms with van der Waals surface area (Å²) in [5.41, 5.74) is 3.17. The van der Waals surface area contributed by atoms with Gasteiger partial charge >= 0.3 is 0 Å². The van der Waals surface area contributed by atoms with Gasteiger partial charge in [-0.2, -0.15) is 0 Å². The maximum absolute atomic E-state index is 12.8. The van der Waals surface area contributed by atoms with E-state index in [2.05, 4.69) is 12.2 Å². The first-order valence-corrected chi connectivity index (χ1v) is 9.55. The van der Waals surface area contributed by atoms with E-state index in [1.807, 2.05) is 54.6 Å². The van der Waals surface area contributed by atoms with Gasteiger partial charge in [0.25, 0.3) is 5.91 Å². The number of methoxy groups -OCH3 is 1. The second-order valence-electron chi connectivity index (χ2n) is 6.62. The molecule has 0 fully saturated rings. The number of pyridine rings is 1. The van der Waals surface area contributed by atoms with Gasteiger partial charge in [-0.3, -0.25) is 4.79 Å². The Balaban J connectivity index is 1.92. The molecule has 3 rings (SSSR count). The van der Waals surface area contributed by atoms with Crippen LogP contribution in [0.1, 0.15) is 43.0 Å². The lowest BCUT2D eigenvalue weighted by atomic mass is 10.0. The van der Waals surface area contributed by atoms with Gasteiger partial charge in [0.1, 0.15) is 5.75 Å². The molecule has 0 unspecified atom stereocenters. The number of hydrogen-bond donors (Lipinski definition) is 1. The van der Waals surface area contributed by atoms with Gasteiger partial charge in [-0.15, -0.1) is 0 Å². The van der Waals surface area contributed by atoms with Gasteiger partial charge in [0.05, 0.1) is 23.9 Å². The molecule has 0 radical (unpaired) electrons. The van der Waals surface area contributed by atoms with Crippen LogP contribution in [-0.4, -0.2) is 24.5 Å². The van der Waals surface area contributed by atoms with Crippen molar-refractivity contribution in [2.75, 3.05) is 13.7 Å². The molecule has 140 valence electrons. The number of hydrogen-bond acceptors (Lipinski definition) is 3. The Morgan fingerprint density at radius 2 is 1.89 bits per heavy atom. The first-order chi connectivity index (χ1) is 13.2. The number of nitrogens with zero attached hydrogens (tertiary/aromatic N) is 1. The van der Waals surface area contributed by atoms with Crippen molar-refractivity contribution in [3.8, 4) is 17.0 Å². The predicted octanol–water partition coefficient (Wildman–Crippen LogP) is 5.22. The van der Waals surface area contributed by atoms with Gasteiger partial charge in [-0.1, -0.05) is 56.5 Å². The van der Waals surface area contributed by atoms with Crippen molar-refractivity contribution in [3.63, 3.8) is 0 Å². The Labute approximate surface area is 160 Å². The van der Waals surface area contributed by atoms with Crippen molar-refractivity contribution in [1.29, 1.82) is 0 Å². The van der Waals surface area contributed by atoms with Crippen molar-refractivity contribution in [2.24, 2.45) is 0 Å². The van der Waals surface area contributed by atoms with Crippen LogP contribution in [0.3, 0.4) is 0 Å². The number of ether oxygens (including phenoxy) is 1. The van der Waals surface area contributed by atoms with E-state index in [-0.39, 0.29) is 5.91 Å². The van der Waals surface area contributed by atoms with E-state index < -0.39 is 0 Å². The Morgan fingerprint density at radius 3 is 2.70 bits per heavy atom. The highest BCUT2D eigenvalue weighted by Gasteiger charge is 2.14. The van der Waals surface area contributed by atoms with E-state index in [1.165, 1.54) is 12.8 Å². The van der Waals surface area contributed by atoms with Crippen LogP contribution < -0.4 is 10.1 Å². The quantitative estimate of drug-likeness (QED) is 0.559. The molecule has 4 nitrogen and oxygen atoms in total. The fraction of sp³-hybridized carbons (Fsp3) is 0.304. The maximum Gasteiger partial charge on any atom is 0.252 e. The number of nitrogens with one attached hydrogen (secondary N) is 1. The molecular weight excluding hydrogens is 336 g/mol. The molecule has 3 aromatic rings. The van der Waals surface area contributed by atoms with E-state index in [9.17, 15) is 4.79 Å². The number of para-hydroxylation sites is 1. The van der Waals surface area contributed by atoms with Crippen LogP contribution in [0.15, 0.2) is 54.6 Å². The van der Waals surface area contributed by atoms with E-state index in [0.29, 0.717) is 12.1 Å². The van der Waals surface area contributed by atoms with Gasteiger partial charge in [0.2, 0.25) is 0 Å². The topological polar surface area (TPSA) is 51.2 Å². The molecule has 0 atom stereocenters. The summed E-state index contributed by atoms with van der Waals surface area (Å²) >= 11 is 0. The molecule has 27 heavy (non-hydrogen) atoms. The van der Waals surface area contributed by atoms with Crippen LogP contribution in [0.4, 0.5) is 0 Å². The zero-order chi connectivity index (χ0) is 19.1. The molecule has 0 aliphatic rings.